The summed E-state index contributed by atoms with van der Waals surface area (Å²) in [5, 5.41) is 0. The first-order chi connectivity index (χ1) is 6.25. The highest BCUT2D eigenvalue weighted by atomic mass is 19.3. The fourth-order valence-electron chi connectivity index (χ4n) is 1.62. The monoisotopic (exact) mass is 238 g/mol. The molecule has 7 heteroatoms. The molecule has 0 aliphatic heterocycles. The highest BCUT2D eigenvalue weighted by Crippen LogP contribution is 2.67. The Morgan fingerprint density at radius 3 is 0.733 bits per heavy atom. The van der Waals surface area contributed by atoms with Gasteiger partial charge < -0.3 is 0 Å². The van der Waals surface area contributed by atoms with Gasteiger partial charge in [0, 0.05) is 0 Å². The summed E-state index contributed by atoms with van der Waals surface area (Å²) in [5.74, 6) is -10.8. The van der Waals surface area contributed by atoms with Crippen molar-refractivity contribution in [3.05, 3.63) is 0 Å². The third-order valence-corrected chi connectivity index (χ3v) is 3.34. The number of halogens is 7. The van der Waals surface area contributed by atoms with E-state index in [0.29, 0.717) is 0 Å². The maximum absolute atomic E-state index is 13.4. The van der Waals surface area contributed by atoms with Crippen LogP contribution in [0.15, 0.2) is 0 Å². The molecule has 2 unspecified atom stereocenters. The molecular weight excluding hydrogens is 229 g/mol. The number of rotatable bonds is 0. The third-order valence-electron chi connectivity index (χ3n) is 3.34. The van der Waals surface area contributed by atoms with Crippen molar-refractivity contribution in [2.45, 2.75) is 49.6 Å². The van der Waals surface area contributed by atoms with Crippen LogP contribution in [0.2, 0.25) is 0 Å². The number of hydrogen-bond donors (Lipinski definition) is 0. The lowest BCUT2D eigenvalue weighted by Gasteiger charge is -2.32. The Morgan fingerprint density at radius 2 is 0.667 bits per heavy atom. The van der Waals surface area contributed by atoms with Crippen molar-refractivity contribution in [3.63, 3.8) is 0 Å². The first kappa shape index (κ1) is 12.6. The second kappa shape index (κ2) is 2.43. The predicted octanol–water partition coefficient (Wildman–Crippen LogP) is 3.46. The molecule has 0 heterocycles. The summed E-state index contributed by atoms with van der Waals surface area (Å²) in [4.78, 5) is 0. The van der Waals surface area contributed by atoms with E-state index in [1.165, 1.54) is 0 Å². The van der Waals surface area contributed by atoms with Crippen LogP contribution in [-0.4, -0.2) is 28.9 Å². The fraction of sp³-hybridized carbons (Fsp3) is 1.00. The summed E-state index contributed by atoms with van der Waals surface area (Å²) in [6, 6.07) is 0. The topological polar surface area (TPSA) is 0 Å². The van der Waals surface area contributed by atoms with Crippen LogP contribution < -0.4 is 0 Å². The van der Waals surface area contributed by atoms with E-state index in [0.717, 1.165) is 0 Å². The molecule has 0 bridgehead atoms. The lowest BCUT2D eigenvalue weighted by Crippen LogP contribution is -2.53. The normalized spacial score (nSPS) is 53.2. The molecule has 0 amide bonds. The van der Waals surface area contributed by atoms with Crippen LogP contribution in [0, 0.1) is 0 Å². The van der Waals surface area contributed by atoms with E-state index in [2.05, 4.69) is 0 Å². The maximum Gasteiger partial charge on any atom is 0.349 e. The average Bonchev–Trinajstić information content (AvgIpc) is 2.04. The van der Waals surface area contributed by atoms with Gasteiger partial charge in [-0.25, -0.2) is 13.2 Å². The van der Waals surface area contributed by atoms with Gasteiger partial charge in [0.15, 0.2) is 5.67 Å². The van der Waals surface area contributed by atoms with Crippen molar-refractivity contribution in [2.75, 3.05) is 0 Å². The summed E-state index contributed by atoms with van der Waals surface area (Å²) in [5.41, 5.74) is -12.5. The Balaban J connectivity index is 3.55. The summed E-state index contributed by atoms with van der Waals surface area (Å²) >= 11 is 0. The van der Waals surface area contributed by atoms with Crippen molar-refractivity contribution in [3.8, 4) is 0 Å². The molecule has 0 aromatic heterocycles. The number of hydrogen-bond acceptors (Lipinski definition) is 0. The Labute approximate surface area is 81.4 Å². The van der Waals surface area contributed by atoms with Gasteiger partial charge in [0.2, 0.25) is 11.3 Å². The first-order valence-corrected chi connectivity index (χ1v) is 4.07. The molecule has 2 atom stereocenters. The zero-order valence-corrected chi connectivity index (χ0v) is 8.15. The second-order valence-corrected chi connectivity index (χ2v) is 4.16. The molecule has 1 aliphatic carbocycles. The van der Waals surface area contributed by atoms with E-state index >= 15 is 0 Å². The van der Waals surface area contributed by atoms with Crippen molar-refractivity contribution >= 4 is 0 Å². The van der Waals surface area contributed by atoms with E-state index in [1.54, 1.807) is 0 Å². The highest BCUT2D eigenvalue weighted by Gasteiger charge is 2.92. The smallest absolute Gasteiger partial charge is 0.237 e. The molecule has 1 rings (SSSR count). The minimum Gasteiger partial charge on any atom is -0.237 e. The molecule has 1 aliphatic rings. The maximum atomic E-state index is 13.4. The Morgan fingerprint density at radius 1 is 0.467 bits per heavy atom. The van der Waals surface area contributed by atoms with E-state index in [9.17, 15) is 30.7 Å². The van der Waals surface area contributed by atoms with Crippen molar-refractivity contribution in [2.24, 2.45) is 0 Å². The van der Waals surface area contributed by atoms with Gasteiger partial charge in [-0.15, -0.1) is 0 Å². The van der Waals surface area contributed by atoms with E-state index in [4.69, 9.17) is 0 Å². The van der Waals surface area contributed by atoms with Crippen molar-refractivity contribution < 1.29 is 30.7 Å². The zero-order valence-electron chi connectivity index (χ0n) is 8.15. The minimum absolute atomic E-state index is 0.0637. The van der Waals surface area contributed by atoms with Crippen LogP contribution >= 0.6 is 0 Å². The van der Waals surface area contributed by atoms with Crippen LogP contribution in [0.25, 0.3) is 0 Å². The minimum atomic E-state index is -5.40. The van der Waals surface area contributed by atoms with Crippen molar-refractivity contribution in [1.82, 2.24) is 0 Å². The van der Waals surface area contributed by atoms with Crippen LogP contribution in [0.3, 0.4) is 0 Å². The van der Waals surface area contributed by atoms with Gasteiger partial charge in [0.25, 0.3) is 0 Å². The Hall–Kier alpha value is -0.490. The molecule has 15 heavy (non-hydrogen) atoms. The quantitative estimate of drug-likeness (QED) is 0.567. The summed E-state index contributed by atoms with van der Waals surface area (Å²) < 4.78 is 91.6. The van der Waals surface area contributed by atoms with Crippen LogP contribution in [0.1, 0.15) is 20.8 Å². The fourth-order valence-corrected chi connectivity index (χ4v) is 1.62. The number of alkyl halides is 7. The molecule has 0 aromatic carbocycles. The molecule has 0 N–H and O–H groups in total. The molecule has 90 valence electrons. The van der Waals surface area contributed by atoms with Gasteiger partial charge in [0.05, 0.1) is 0 Å². The molecule has 0 nitrogen and oxygen atoms in total. The van der Waals surface area contributed by atoms with Crippen LogP contribution in [0.5, 0.6) is 0 Å². The van der Waals surface area contributed by atoms with Crippen LogP contribution in [-0.2, 0) is 0 Å². The molecule has 0 spiro atoms. The highest BCUT2D eigenvalue weighted by molar-refractivity contribution is 5.29. The van der Waals surface area contributed by atoms with E-state index in [-0.39, 0.29) is 20.8 Å². The second-order valence-electron chi connectivity index (χ2n) is 4.16. The average molecular weight is 238 g/mol. The molecule has 0 saturated heterocycles. The van der Waals surface area contributed by atoms with Gasteiger partial charge in [-0.2, -0.15) is 17.6 Å². The third kappa shape index (κ3) is 0.903. The molecule has 1 saturated carbocycles. The first-order valence-electron chi connectivity index (χ1n) is 4.07. The SMILES string of the molecule is CC1(F)C(C)(F)C(F)(F)C(F)(F)C1(C)F. The van der Waals surface area contributed by atoms with E-state index < -0.39 is 28.9 Å². The lowest BCUT2D eigenvalue weighted by molar-refractivity contribution is -0.258. The van der Waals surface area contributed by atoms with Gasteiger partial charge in [-0.05, 0) is 20.8 Å². The predicted molar refractivity (Wildman–Crippen MR) is 38.4 cm³/mol. The molecular formula is C8H9F7. The molecule has 1 fully saturated rings. The lowest BCUT2D eigenvalue weighted by atomic mass is 9.85. The van der Waals surface area contributed by atoms with Gasteiger partial charge in [-0.3, -0.25) is 0 Å². The Bertz CT molecular complexity index is 200. The molecule has 0 aromatic rings. The van der Waals surface area contributed by atoms with Crippen molar-refractivity contribution in [1.29, 1.82) is 0 Å². The largest absolute Gasteiger partial charge is 0.349 e. The van der Waals surface area contributed by atoms with Crippen LogP contribution in [0.4, 0.5) is 30.7 Å². The summed E-state index contributed by atoms with van der Waals surface area (Å²) in [6.45, 7) is -0.0562. The van der Waals surface area contributed by atoms with E-state index in [1.807, 2.05) is 0 Å². The Kier molecular flexibility index (Phi) is 2.04. The molecule has 0 radical (unpaired) electrons. The van der Waals surface area contributed by atoms with Gasteiger partial charge in [-0.1, -0.05) is 0 Å². The van der Waals surface area contributed by atoms with Gasteiger partial charge in [0.1, 0.15) is 0 Å². The summed E-state index contributed by atoms with van der Waals surface area (Å²) in [7, 11) is 0. The zero-order chi connectivity index (χ0) is 12.5. The van der Waals surface area contributed by atoms with Gasteiger partial charge >= 0.3 is 11.8 Å². The summed E-state index contributed by atoms with van der Waals surface area (Å²) in [6.07, 6.45) is 0. The standard InChI is InChI=1S/C8H9F7/c1-4(9)5(2,10)7(12,13)8(14,15)6(4,3)11/h1-3H3.